The lowest BCUT2D eigenvalue weighted by Crippen LogP contribution is -2.33. The molecule has 2 unspecified atom stereocenters. The van der Waals surface area contributed by atoms with E-state index in [1.807, 2.05) is 18.2 Å². The van der Waals surface area contributed by atoms with Crippen LogP contribution in [0.25, 0.3) is 0 Å². The van der Waals surface area contributed by atoms with Crippen LogP contribution in [-0.2, 0) is 11.4 Å². The molecule has 6 heteroatoms. The van der Waals surface area contributed by atoms with Gasteiger partial charge in [-0.2, -0.15) is 0 Å². The summed E-state index contributed by atoms with van der Waals surface area (Å²) in [7, 11) is 0. The molecule has 1 N–H and O–H groups in total. The van der Waals surface area contributed by atoms with Gasteiger partial charge in [-0.15, -0.1) is 11.8 Å². The first kappa shape index (κ1) is 18.0. The van der Waals surface area contributed by atoms with Gasteiger partial charge in [0.05, 0.1) is 6.61 Å². The van der Waals surface area contributed by atoms with Crippen molar-refractivity contribution in [1.29, 1.82) is 0 Å². The number of benzene rings is 1. The van der Waals surface area contributed by atoms with Gasteiger partial charge >= 0.3 is 0 Å². The van der Waals surface area contributed by atoms with Crippen LogP contribution >= 0.6 is 11.8 Å². The molecule has 25 heavy (non-hydrogen) atoms. The Morgan fingerprint density at radius 1 is 1.36 bits per heavy atom. The van der Waals surface area contributed by atoms with Crippen molar-refractivity contribution < 1.29 is 19.0 Å². The van der Waals surface area contributed by atoms with Crippen LogP contribution in [0.3, 0.4) is 0 Å². The number of carbonyl (C=O) groups is 1. The summed E-state index contributed by atoms with van der Waals surface area (Å²) in [6.45, 7) is 1.29. The summed E-state index contributed by atoms with van der Waals surface area (Å²) in [6, 6.07) is 7.02. The third-order valence-corrected chi connectivity index (χ3v) is 5.70. The van der Waals surface area contributed by atoms with Gasteiger partial charge in [0.2, 0.25) is 0 Å². The molecule has 0 spiro atoms. The van der Waals surface area contributed by atoms with Crippen molar-refractivity contribution in [2.24, 2.45) is 0 Å². The number of aliphatic hydroxyl groups is 1. The van der Waals surface area contributed by atoms with E-state index in [4.69, 9.17) is 9.84 Å². The lowest BCUT2D eigenvalue weighted by Gasteiger charge is -2.19. The van der Waals surface area contributed by atoms with Crippen LogP contribution in [0, 0.1) is 0 Å². The van der Waals surface area contributed by atoms with Crippen LogP contribution in [0.2, 0.25) is 0 Å². The number of amides is 1. The average Bonchev–Trinajstić information content (AvgIpc) is 3.11. The van der Waals surface area contributed by atoms with Crippen LogP contribution in [0.15, 0.2) is 47.4 Å². The topological polar surface area (TPSA) is 49.8 Å². The Balaban J connectivity index is 1.45. The molecule has 1 aromatic carbocycles. The van der Waals surface area contributed by atoms with Gasteiger partial charge in [-0.1, -0.05) is 30.4 Å². The number of thioether (sulfide) groups is 1. The fourth-order valence-corrected chi connectivity index (χ4v) is 4.13. The van der Waals surface area contributed by atoms with E-state index < -0.39 is 6.17 Å². The van der Waals surface area contributed by atoms with Crippen LogP contribution in [0.5, 0.6) is 5.75 Å². The van der Waals surface area contributed by atoms with Crippen molar-refractivity contribution in [3.63, 3.8) is 0 Å². The zero-order valence-corrected chi connectivity index (χ0v) is 14.8. The van der Waals surface area contributed by atoms with Crippen molar-refractivity contribution >= 4 is 17.7 Å². The molecule has 1 fully saturated rings. The Hall–Kier alpha value is -1.79. The summed E-state index contributed by atoms with van der Waals surface area (Å²) in [5.74, 6) is 0.554. The fraction of sp³-hybridized carbons (Fsp3) is 0.421. The molecule has 2 aliphatic rings. The first-order chi connectivity index (χ1) is 12.2. The Kier molecular flexibility index (Phi) is 6.15. The van der Waals surface area contributed by atoms with E-state index in [9.17, 15) is 9.18 Å². The zero-order chi connectivity index (χ0) is 17.6. The SMILES string of the molecule is O=C(COc1ccc(CO)cc1)N1CCC(SC2=CC=CCC2F)C1. The molecule has 2 atom stereocenters. The van der Waals surface area contributed by atoms with Gasteiger partial charge in [0, 0.05) is 29.7 Å². The molecule has 0 saturated carbocycles. The molecular formula is C19H22FNO3S. The fourth-order valence-electron chi connectivity index (χ4n) is 2.87. The quantitative estimate of drug-likeness (QED) is 0.844. The van der Waals surface area contributed by atoms with Crippen molar-refractivity contribution in [2.45, 2.75) is 30.9 Å². The lowest BCUT2D eigenvalue weighted by molar-refractivity contribution is -0.132. The molecule has 1 aliphatic heterocycles. The summed E-state index contributed by atoms with van der Waals surface area (Å²) < 4.78 is 19.4. The van der Waals surface area contributed by atoms with E-state index in [0.29, 0.717) is 25.3 Å². The number of aliphatic hydroxyl groups excluding tert-OH is 1. The predicted molar refractivity (Wildman–Crippen MR) is 97.2 cm³/mol. The van der Waals surface area contributed by atoms with Crippen molar-refractivity contribution in [2.75, 3.05) is 19.7 Å². The number of hydrogen-bond donors (Lipinski definition) is 1. The molecular weight excluding hydrogens is 341 g/mol. The predicted octanol–water partition coefficient (Wildman–Crippen LogP) is 3.07. The van der Waals surface area contributed by atoms with Gasteiger partial charge in [-0.25, -0.2) is 4.39 Å². The number of nitrogens with zero attached hydrogens (tertiary/aromatic N) is 1. The molecule has 134 valence electrons. The minimum absolute atomic E-state index is 0.00692. The highest BCUT2D eigenvalue weighted by atomic mass is 32.2. The van der Waals surface area contributed by atoms with Crippen molar-refractivity contribution in [1.82, 2.24) is 4.90 Å². The van der Waals surface area contributed by atoms with Crippen LogP contribution in [0.1, 0.15) is 18.4 Å². The smallest absolute Gasteiger partial charge is 0.260 e. The normalized spacial score (nSPS) is 22.8. The minimum atomic E-state index is -0.912. The summed E-state index contributed by atoms with van der Waals surface area (Å²) in [5, 5.41) is 9.25. The van der Waals surface area contributed by atoms with Crippen LogP contribution in [-0.4, -0.2) is 47.0 Å². The summed E-state index contributed by atoms with van der Waals surface area (Å²) in [4.78, 5) is 14.8. The van der Waals surface area contributed by atoms with E-state index >= 15 is 0 Å². The third kappa shape index (κ3) is 4.86. The standard InChI is InChI=1S/C19H22FNO3S/c20-17-3-1-2-4-18(17)25-16-9-10-21(11-16)19(23)13-24-15-7-5-14(12-22)6-8-15/h1-2,4-8,16-17,22H,3,9-13H2. The van der Waals surface area contributed by atoms with E-state index in [1.54, 1.807) is 40.9 Å². The van der Waals surface area contributed by atoms with Crippen molar-refractivity contribution in [3.8, 4) is 5.75 Å². The summed E-state index contributed by atoms with van der Waals surface area (Å²) >= 11 is 1.55. The molecule has 1 aliphatic carbocycles. The largest absolute Gasteiger partial charge is 0.484 e. The zero-order valence-electron chi connectivity index (χ0n) is 13.9. The summed E-state index contributed by atoms with van der Waals surface area (Å²) in [6.07, 6.45) is 5.97. The second-order valence-corrected chi connectivity index (χ2v) is 7.53. The number of halogens is 1. The highest BCUT2D eigenvalue weighted by Gasteiger charge is 2.29. The lowest BCUT2D eigenvalue weighted by atomic mass is 10.2. The number of likely N-dealkylation sites (tertiary alicyclic amines) is 1. The summed E-state index contributed by atoms with van der Waals surface area (Å²) in [5.41, 5.74) is 0.802. The molecule has 1 aromatic rings. The maximum atomic E-state index is 13.9. The van der Waals surface area contributed by atoms with Gasteiger partial charge in [0.25, 0.3) is 5.91 Å². The van der Waals surface area contributed by atoms with Gasteiger partial charge in [-0.05, 0) is 24.1 Å². The monoisotopic (exact) mass is 363 g/mol. The van der Waals surface area contributed by atoms with E-state index in [0.717, 1.165) is 16.9 Å². The van der Waals surface area contributed by atoms with Crippen molar-refractivity contribution in [3.05, 3.63) is 53.0 Å². The maximum absolute atomic E-state index is 13.9. The second-order valence-electron chi connectivity index (χ2n) is 6.16. The van der Waals surface area contributed by atoms with Gasteiger partial charge in [0.1, 0.15) is 11.9 Å². The number of rotatable bonds is 6. The maximum Gasteiger partial charge on any atom is 0.260 e. The molecule has 1 heterocycles. The first-order valence-corrected chi connectivity index (χ1v) is 9.31. The Morgan fingerprint density at radius 2 is 2.16 bits per heavy atom. The molecule has 0 radical (unpaired) electrons. The Morgan fingerprint density at radius 3 is 2.88 bits per heavy atom. The molecule has 1 saturated heterocycles. The molecule has 3 rings (SSSR count). The molecule has 1 amide bonds. The highest BCUT2D eigenvalue weighted by Crippen LogP contribution is 2.34. The number of hydrogen-bond acceptors (Lipinski definition) is 4. The Labute approximate surface area is 151 Å². The molecule has 4 nitrogen and oxygen atoms in total. The van der Waals surface area contributed by atoms with E-state index in [2.05, 4.69) is 0 Å². The molecule has 0 bridgehead atoms. The number of allylic oxidation sites excluding steroid dienone is 4. The van der Waals surface area contributed by atoms with Gasteiger partial charge in [-0.3, -0.25) is 4.79 Å². The van der Waals surface area contributed by atoms with Gasteiger partial charge < -0.3 is 14.7 Å². The van der Waals surface area contributed by atoms with Crippen LogP contribution < -0.4 is 4.74 Å². The second kappa shape index (κ2) is 8.54. The molecule has 0 aromatic heterocycles. The van der Waals surface area contributed by atoms with E-state index in [1.165, 1.54) is 0 Å². The number of carbonyl (C=O) groups excluding carboxylic acids is 1. The number of alkyl halides is 1. The average molecular weight is 363 g/mol. The van der Waals surface area contributed by atoms with Gasteiger partial charge in [0.15, 0.2) is 6.61 Å². The first-order valence-electron chi connectivity index (χ1n) is 8.43. The third-order valence-electron chi connectivity index (χ3n) is 4.32. The number of ether oxygens (including phenoxy) is 1. The Bertz CT molecular complexity index is 659. The highest BCUT2D eigenvalue weighted by molar-refractivity contribution is 8.03. The van der Waals surface area contributed by atoms with E-state index in [-0.39, 0.29) is 24.4 Å². The minimum Gasteiger partial charge on any atom is -0.484 e. The van der Waals surface area contributed by atoms with Crippen LogP contribution in [0.4, 0.5) is 4.39 Å².